The fourth-order valence-corrected chi connectivity index (χ4v) is 3.76. The van der Waals surface area contributed by atoms with Crippen LogP contribution < -0.4 is 5.32 Å². The van der Waals surface area contributed by atoms with Crippen molar-refractivity contribution in [2.75, 3.05) is 19.8 Å². The zero-order valence-electron chi connectivity index (χ0n) is 13.1. The number of carbonyl (C=O) groups excluding carboxylic acids is 1. The van der Waals surface area contributed by atoms with E-state index in [2.05, 4.69) is 19.8 Å². The van der Waals surface area contributed by atoms with Gasteiger partial charge in [0, 0.05) is 50.4 Å². The highest BCUT2D eigenvalue weighted by Crippen LogP contribution is 2.34. The van der Waals surface area contributed by atoms with Crippen LogP contribution in [0.5, 0.6) is 0 Å². The highest BCUT2D eigenvalue weighted by Gasteiger charge is 2.46. The second-order valence-electron chi connectivity index (χ2n) is 6.97. The molecule has 3 aliphatic rings. The summed E-state index contributed by atoms with van der Waals surface area (Å²) in [4.78, 5) is 19.0. The van der Waals surface area contributed by atoms with E-state index in [0.717, 1.165) is 32.1 Å². The average Bonchev–Trinajstić information content (AvgIpc) is 2.90. The summed E-state index contributed by atoms with van der Waals surface area (Å²) in [5, 5.41) is 3.26. The molecule has 22 heavy (non-hydrogen) atoms. The first-order chi connectivity index (χ1) is 10.7. The molecule has 1 aromatic heterocycles. The lowest BCUT2D eigenvalue weighted by atomic mass is 9.99. The Kier molecular flexibility index (Phi) is 3.66. The number of aryl methyl sites for hydroxylation is 1. The van der Waals surface area contributed by atoms with E-state index in [0.29, 0.717) is 24.3 Å². The fraction of sp³-hybridized carbons (Fsp3) is 0.750. The molecule has 0 aromatic carbocycles. The average molecular weight is 304 g/mol. The van der Waals surface area contributed by atoms with Gasteiger partial charge in [-0.05, 0) is 18.8 Å². The van der Waals surface area contributed by atoms with Gasteiger partial charge in [-0.25, -0.2) is 4.98 Å². The lowest BCUT2D eigenvalue weighted by Gasteiger charge is -2.21. The number of imidazole rings is 1. The summed E-state index contributed by atoms with van der Waals surface area (Å²) in [6.07, 6.45) is 6.96. The first-order valence-electron chi connectivity index (χ1n) is 8.28. The van der Waals surface area contributed by atoms with Gasteiger partial charge in [0.05, 0.1) is 19.8 Å². The number of nitrogens with zero attached hydrogens (tertiary/aromatic N) is 3. The monoisotopic (exact) mass is 304 g/mol. The van der Waals surface area contributed by atoms with Gasteiger partial charge in [0.1, 0.15) is 5.82 Å². The van der Waals surface area contributed by atoms with Gasteiger partial charge >= 0.3 is 0 Å². The van der Waals surface area contributed by atoms with E-state index in [-0.39, 0.29) is 11.9 Å². The maximum absolute atomic E-state index is 12.1. The molecule has 0 unspecified atom stereocenters. The minimum atomic E-state index is 0.219. The van der Waals surface area contributed by atoms with Crippen molar-refractivity contribution in [3.8, 4) is 0 Å². The van der Waals surface area contributed by atoms with Crippen molar-refractivity contribution in [2.45, 2.75) is 37.9 Å². The van der Waals surface area contributed by atoms with E-state index < -0.39 is 0 Å². The van der Waals surface area contributed by atoms with Crippen LogP contribution in [0, 0.1) is 11.8 Å². The van der Waals surface area contributed by atoms with Gasteiger partial charge in [0.25, 0.3) is 0 Å². The largest absolute Gasteiger partial charge is 0.379 e. The predicted octanol–water partition coefficient (Wildman–Crippen LogP) is 0.536. The molecule has 2 aliphatic heterocycles. The van der Waals surface area contributed by atoms with Crippen LogP contribution in [0.4, 0.5) is 0 Å². The van der Waals surface area contributed by atoms with Crippen molar-refractivity contribution in [3.63, 3.8) is 0 Å². The summed E-state index contributed by atoms with van der Waals surface area (Å²) in [5.74, 6) is 2.34. The van der Waals surface area contributed by atoms with Crippen LogP contribution in [0.25, 0.3) is 0 Å². The van der Waals surface area contributed by atoms with Gasteiger partial charge in [0.2, 0.25) is 5.91 Å². The molecule has 3 heterocycles. The van der Waals surface area contributed by atoms with Gasteiger partial charge < -0.3 is 14.6 Å². The third-order valence-electron chi connectivity index (χ3n) is 5.29. The Bertz CT molecular complexity index is 554. The standard InChI is InChI=1S/C16H24N4O2/c1-19-5-4-17-15(19)8-20-7-13(12-9-22-10-14(12)20)18-16(21)6-11-2-3-11/h4-5,11-14H,2-3,6-10H2,1H3,(H,18,21)/t12-,13-,14-/m1/s1. The van der Waals surface area contributed by atoms with Crippen molar-refractivity contribution in [2.24, 2.45) is 18.9 Å². The summed E-state index contributed by atoms with van der Waals surface area (Å²) in [6.45, 7) is 3.26. The number of aromatic nitrogens is 2. The van der Waals surface area contributed by atoms with E-state index in [4.69, 9.17) is 4.74 Å². The Morgan fingerprint density at radius 1 is 1.45 bits per heavy atom. The second kappa shape index (κ2) is 5.66. The summed E-state index contributed by atoms with van der Waals surface area (Å²) < 4.78 is 7.74. The van der Waals surface area contributed by atoms with Crippen LogP contribution in [-0.2, 0) is 23.1 Å². The molecule has 120 valence electrons. The molecule has 1 saturated carbocycles. The maximum Gasteiger partial charge on any atom is 0.220 e. The summed E-state index contributed by atoms with van der Waals surface area (Å²) in [5.41, 5.74) is 0. The molecule has 1 aromatic rings. The normalized spacial score (nSPS) is 31.4. The molecule has 4 rings (SSSR count). The molecule has 0 bridgehead atoms. The van der Waals surface area contributed by atoms with Crippen LogP contribution in [0.15, 0.2) is 12.4 Å². The van der Waals surface area contributed by atoms with Crippen molar-refractivity contribution in [1.29, 1.82) is 0 Å². The molecule has 1 N–H and O–H groups in total. The molecule has 2 saturated heterocycles. The number of likely N-dealkylation sites (tertiary alicyclic amines) is 1. The number of fused-ring (bicyclic) bond motifs is 1. The van der Waals surface area contributed by atoms with Gasteiger partial charge in [-0.1, -0.05) is 0 Å². The molecule has 6 heteroatoms. The highest BCUT2D eigenvalue weighted by atomic mass is 16.5. The summed E-state index contributed by atoms with van der Waals surface area (Å²) in [6, 6.07) is 0.627. The SMILES string of the molecule is Cn1ccnc1CN1C[C@@H](NC(=O)CC2CC2)[C@H]2COC[C@H]21. The number of hydrogen-bond donors (Lipinski definition) is 1. The molecule has 6 nitrogen and oxygen atoms in total. The Labute approximate surface area is 130 Å². The van der Waals surface area contributed by atoms with Crippen LogP contribution in [0.1, 0.15) is 25.1 Å². The number of nitrogens with one attached hydrogen (secondary N) is 1. The molecule has 0 spiro atoms. The fourth-order valence-electron chi connectivity index (χ4n) is 3.76. The quantitative estimate of drug-likeness (QED) is 0.862. The molecule has 3 atom stereocenters. The summed E-state index contributed by atoms with van der Waals surface area (Å²) in [7, 11) is 2.02. The topological polar surface area (TPSA) is 59.4 Å². The number of amides is 1. The zero-order chi connectivity index (χ0) is 15.1. The zero-order valence-corrected chi connectivity index (χ0v) is 13.1. The molecule has 1 aliphatic carbocycles. The van der Waals surface area contributed by atoms with Crippen molar-refractivity contribution in [3.05, 3.63) is 18.2 Å². The van der Waals surface area contributed by atoms with Gasteiger partial charge in [-0.15, -0.1) is 0 Å². The Balaban J connectivity index is 1.41. The first-order valence-corrected chi connectivity index (χ1v) is 8.28. The van der Waals surface area contributed by atoms with E-state index in [1.807, 2.05) is 19.4 Å². The van der Waals surface area contributed by atoms with Crippen LogP contribution in [0.2, 0.25) is 0 Å². The van der Waals surface area contributed by atoms with Crippen molar-refractivity contribution < 1.29 is 9.53 Å². The minimum Gasteiger partial charge on any atom is -0.379 e. The Morgan fingerprint density at radius 3 is 3.05 bits per heavy atom. The Morgan fingerprint density at radius 2 is 2.32 bits per heavy atom. The Hall–Kier alpha value is -1.40. The van der Waals surface area contributed by atoms with Crippen molar-refractivity contribution >= 4 is 5.91 Å². The van der Waals surface area contributed by atoms with Crippen LogP contribution in [0.3, 0.4) is 0 Å². The number of carbonyl (C=O) groups is 1. The van der Waals surface area contributed by atoms with E-state index >= 15 is 0 Å². The first kappa shape index (κ1) is 14.2. The van der Waals surface area contributed by atoms with E-state index in [9.17, 15) is 4.79 Å². The third-order valence-corrected chi connectivity index (χ3v) is 5.29. The molecule has 1 amide bonds. The highest BCUT2D eigenvalue weighted by molar-refractivity contribution is 5.77. The molecule has 3 fully saturated rings. The van der Waals surface area contributed by atoms with Crippen LogP contribution >= 0.6 is 0 Å². The molecular weight excluding hydrogens is 280 g/mol. The van der Waals surface area contributed by atoms with Crippen LogP contribution in [-0.4, -0.2) is 52.2 Å². The van der Waals surface area contributed by atoms with Gasteiger partial charge in [0.15, 0.2) is 0 Å². The van der Waals surface area contributed by atoms with Crippen molar-refractivity contribution in [1.82, 2.24) is 19.8 Å². The lowest BCUT2D eigenvalue weighted by Crippen LogP contribution is -2.41. The minimum absolute atomic E-state index is 0.219. The number of hydrogen-bond acceptors (Lipinski definition) is 4. The number of ether oxygens (including phenoxy) is 1. The van der Waals surface area contributed by atoms with E-state index in [1.165, 1.54) is 12.8 Å². The smallest absolute Gasteiger partial charge is 0.220 e. The number of rotatable bonds is 5. The van der Waals surface area contributed by atoms with E-state index in [1.54, 1.807) is 0 Å². The summed E-state index contributed by atoms with van der Waals surface area (Å²) >= 11 is 0. The maximum atomic E-state index is 12.1. The third kappa shape index (κ3) is 2.77. The molecular formula is C16H24N4O2. The lowest BCUT2D eigenvalue weighted by molar-refractivity contribution is -0.122. The second-order valence-corrected chi connectivity index (χ2v) is 6.97. The van der Waals surface area contributed by atoms with Gasteiger partial charge in [-0.3, -0.25) is 9.69 Å². The molecule has 0 radical (unpaired) electrons. The van der Waals surface area contributed by atoms with Gasteiger partial charge in [-0.2, -0.15) is 0 Å². The predicted molar refractivity (Wildman–Crippen MR) is 81.0 cm³/mol.